The fraction of sp³-hybridized carbons (Fsp3) is 0.375. The fourth-order valence-electron chi connectivity index (χ4n) is 2.44. The Hall–Kier alpha value is -1.59. The van der Waals surface area contributed by atoms with Crippen molar-refractivity contribution in [1.82, 2.24) is 0 Å². The largest absolute Gasteiger partial charge is 0.411 e. The molecule has 0 spiro atoms. The highest BCUT2D eigenvalue weighted by Gasteiger charge is 2.27. The van der Waals surface area contributed by atoms with Gasteiger partial charge in [-0.15, -0.1) is 0 Å². The van der Waals surface area contributed by atoms with Crippen LogP contribution >= 0.6 is 0 Å². The summed E-state index contributed by atoms with van der Waals surface area (Å²) in [6, 6.07) is 11.5. The van der Waals surface area contributed by atoms with E-state index in [9.17, 15) is 13.2 Å². The molecule has 0 aromatic heterocycles. The molecular formula is C16H18F3NO. The number of rotatable bonds is 5. The first-order valence-electron chi connectivity index (χ1n) is 6.77. The lowest BCUT2D eigenvalue weighted by Crippen LogP contribution is -2.20. The Morgan fingerprint density at radius 3 is 2.57 bits per heavy atom. The summed E-state index contributed by atoms with van der Waals surface area (Å²) in [5.74, 6) is 0. The van der Waals surface area contributed by atoms with Gasteiger partial charge >= 0.3 is 6.18 Å². The van der Waals surface area contributed by atoms with Gasteiger partial charge in [0, 0.05) is 12.6 Å². The standard InChI is InChI=1S/C16H18F3NO/c1-11-6-7-12-4-2-3-5-13(12)15(11)14(20)8-9-21-10-16(17,18)19/h2-7,14H,8-10,20H2,1H3. The lowest BCUT2D eigenvalue weighted by atomic mass is 9.93. The van der Waals surface area contributed by atoms with E-state index >= 15 is 0 Å². The molecule has 2 rings (SSSR count). The Kier molecular flexibility index (Phi) is 4.85. The van der Waals surface area contributed by atoms with E-state index in [1.165, 1.54) is 0 Å². The monoisotopic (exact) mass is 297 g/mol. The fourth-order valence-corrected chi connectivity index (χ4v) is 2.44. The van der Waals surface area contributed by atoms with Crippen LogP contribution in [0.3, 0.4) is 0 Å². The van der Waals surface area contributed by atoms with Crippen molar-refractivity contribution in [2.75, 3.05) is 13.2 Å². The normalized spacial score (nSPS) is 13.6. The van der Waals surface area contributed by atoms with Crippen LogP contribution in [0.2, 0.25) is 0 Å². The average molecular weight is 297 g/mol. The number of alkyl halides is 3. The molecule has 0 saturated carbocycles. The van der Waals surface area contributed by atoms with Crippen molar-refractivity contribution >= 4 is 10.8 Å². The van der Waals surface area contributed by atoms with Crippen LogP contribution in [0.4, 0.5) is 13.2 Å². The van der Waals surface area contributed by atoms with Gasteiger partial charge in [0.2, 0.25) is 0 Å². The average Bonchev–Trinajstić information content (AvgIpc) is 2.42. The van der Waals surface area contributed by atoms with E-state index in [2.05, 4.69) is 4.74 Å². The minimum Gasteiger partial charge on any atom is -0.372 e. The second-order valence-corrected chi connectivity index (χ2v) is 5.08. The Morgan fingerprint density at radius 2 is 1.86 bits per heavy atom. The first-order valence-corrected chi connectivity index (χ1v) is 6.77. The highest BCUT2D eigenvalue weighted by Crippen LogP contribution is 2.28. The van der Waals surface area contributed by atoms with Gasteiger partial charge in [-0.1, -0.05) is 36.4 Å². The van der Waals surface area contributed by atoms with E-state index in [4.69, 9.17) is 5.73 Å². The van der Waals surface area contributed by atoms with E-state index in [0.717, 1.165) is 21.9 Å². The summed E-state index contributed by atoms with van der Waals surface area (Å²) in [5.41, 5.74) is 8.17. The summed E-state index contributed by atoms with van der Waals surface area (Å²) < 4.78 is 40.7. The van der Waals surface area contributed by atoms with Crippen LogP contribution in [-0.2, 0) is 4.74 Å². The van der Waals surface area contributed by atoms with Crippen LogP contribution in [-0.4, -0.2) is 19.4 Å². The molecule has 0 aliphatic heterocycles. The first-order chi connectivity index (χ1) is 9.88. The summed E-state index contributed by atoms with van der Waals surface area (Å²) in [4.78, 5) is 0. The lowest BCUT2D eigenvalue weighted by molar-refractivity contribution is -0.174. The summed E-state index contributed by atoms with van der Waals surface area (Å²) in [5, 5.41) is 2.12. The zero-order valence-electron chi connectivity index (χ0n) is 11.8. The highest BCUT2D eigenvalue weighted by molar-refractivity contribution is 5.87. The Bertz CT molecular complexity index is 610. The van der Waals surface area contributed by atoms with Crippen molar-refractivity contribution in [3.63, 3.8) is 0 Å². The Balaban J connectivity index is 2.09. The summed E-state index contributed by atoms with van der Waals surface area (Å²) in [6.07, 6.45) is -3.94. The maximum absolute atomic E-state index is 12.0. The van der Waals surface area contributed by atoms with E-state index in [1.807, 2.05) is 43.3 Å². The van der Waals surface area contributed by atoms with Gasteiger partial charge in [0.05, 0.1) is 0 Å². The lowest BCUT2D eigenvalue weighted by Gasteiger charge is -2.18. The van der Waals surface area contributed by atoms with Crippen molar-refractivity contribution in [3.05, 3.63) is 47.5 Å². The van der Waals surface area contributed by atoms with E-state index in [1.54, 1.807) is 0 Å². The molecule has 0 aliphatic carbocycles. The van der Waals surface area contributed by atoms with Crippen LogP contribution < -0.4 is 5.73 Å². The van der Waals surface area contributed by atoms with Crippen molar-refractivity contribution < 1.29 is 17.9 Å². The number of hydrogen-bond donors (Lipinski definition) is 1. The third kappa shape index (κ3) is 4.19. The molecule has 2 aromatic carbocycles. The number of ether oxygens (including phenoxy) is 1. The molecule has 0 radical (unpaired) electrons. The number of halogens is 3. The van der Waals surface area contributed by atoms with Crippen LogP contribution in [0.1, 0.15) is 23.6 Å². The van der Waals surface area contributed by atoms with Crippen LogP contribution in [0, 0.1) is 6.92 Å². The first kappa shape index (κ1) is 15.8. The van der Waals surface area contributed by atoms with Crippen molar-refractivity contribution in [1.29, 1.82) is 0 Å². The second kappa shape index (κ2) is 6.45. The summed E-state index contributed by atoms with van der Waals surface area (Å²) in [7, 11) is 0. The molecule has 1 unspecified atom stereocenters. The Morgan fingerprint density at radius 1 is 1.14 bits per heavy atom. The number of benzene rings is 2. The van der Waals surface area contributed by atoms with Crippen molar-refractivity contribution in [2.24, 2.45) is 5.73 Å². The van der Waals surface area contributed by atoms with Crippen LogP contribution in [0.25, 0.3) is 10.8 Å². The molecule has 114 valence electrons. The van der Waals surface area contributed by atoms with Crippen LogP contribution in [0.15, 0.2) is 36.4 Å². The second-order valence-electron chi connectivity index (χ2n) is 5.08. The molecule has 5 heteroatoms. The van der Waals surface area contributed by atoms with Gasteiger partial charge in [0.25, 0.3) is 0 Å². The topological polar surface area (TPSA) is 35.2 Å². The van der Waals surface area contributed by atoms with E-state index in [0.29, 0.717) is 6.42 Å². The van der Waals surface area contributed by atoms with Gasteiger partial charge in [0.1, 0.15) is 6.61 Å². The SMILES string of the molecule is Cc1ccc2ccccc2c1C(N)CCOCC(F)(F)F. The number of fused-ring (bicyclic) bond motifs is 1. The molecule has 0 fully saturated rings. The minimum atomic E-state index is -4.29. The van der Waals surface area contributed by atoms with Gasteiger partial charge in [-0.05, 0) is 35.2 Å². The third-order valence-electron chi connectivity index (χ3n) is 3.40. The zero-order valence-corrected chi connectivity index (χ0v) is 11.8. The highest BCUT2D eigenvalue weighted by atomic mass is 19.4. The van der Waals surface area contributed by atoms with Gasteiger partial charge in [0.15, 0.2) is 0 Å². The number of aryl methyl sites for hydroxylation is 1. The molecule has 1 atom stereocenters. The molecule has 2 aromatic rings. The van der Waals surface area contributed by atoms with E-state index < -0.39 is 12.8 Å². The van der Waals surface area contributed by atoms with Crippen LogP contribution in [0.5, 0.6) is 0 Å². The molecule has 0 bridgehead atoms. The molecular weight excluding hydrogens is 279 g/mol. The van der Waals surface area contributed by atoms with Gasteiger partial charge in [-0.3, -0.25) is 0 Å². The molecule has 0 heterocycles. The molecule has 2 N–H and O–H groups in total. The minimum absolute atomic E-state index is 0.0106. The number of hydrogen-bond acceptors (Lipinski definition) is 2. The Labute approximate surface area is 121 Å². The predicted molar refractivity (Wildman–Crippen MR) is 77.1 cm³/mol. The molecule has 2 nitrogen and oxygen atoms in total. The maximum atomic E-state index is 12.0. The van der Waals surface area contributed by atoms with Gasteiger partial charge in [-0.2, -0.15) is 13.2 Å². The van der Waals surface area contributed by atoms with Crippen molar-refractivity contribution in [2.45, 2.75) is 25.6 Å². The third-order valence-corrected chi connectivity index (χ3v) is 3.40. The molecule has 0 amide bonds. The van der Waals surface area contributed by atoms with Gasteiger partial charge in [-0.25, -0.2) is 0 Å². The quantitative estimate of drug-likeness (QED) is 0.843. The predicted octanol–water partition coefficient (Wildman–Crippen LogP) is 4.12. The molecule has 21 heavy (non-hydrogen) atoms. The van der Waals surface area contributed by atoms with Gasteiger partial charge < -0.3 is 10.5 Å². The zero-order chi connectivity index (χ0) is 15.5. The smallest absolute Gasteiger partial charge is 0.372 e. The van der Waals surface area contributed by atoms with Crippen molar-refractivity contribution in [3.8, 4) is 0 Å². The van der Waals surface area contributed by atoms with E-state index in [-0.39, 0.29) is 12.6 Å². The molecule has 0 saturated heterocycles. The molecule has 0 aliphatic rings. The summed E-state index contributed by atoms with van der Waals surface area (Å²) in [6.45, 7) is 0.718. The number of nitrogens with two attached hydrogens (primary N) is 1. The summed E-state index contributed by atoms with van der Waals surface area (Å²) >= 11 is 0. The maximum Gasteiger partial charge on any atom is 0.411 e.